The fourth-order valence-corrected chi connectivity index (χ4v) is 1.86. The van der Waals surface area contributed by atoms with Crippen molar-refractivity contribution in [3.63, 3.8) is 0 Å². The van der Waals surface area contributed by atoms with Crippen molar-refractivity contribution in [1.82, 2.24) is 29.5 Å². The maximum absolute atomic E-state index is 4.30. The van der Waals surface area contributed by atoms with Crippen molar-refractivity contribution in [2.45, 2.75) is 19.4 Å². The number of hydrogen-bond acceptors (Lipinski definition) is 5. The first-order chi connectivity index (χ1) is 8.88. The highest BCUT2D eigenvalue weighted by molar-refractivity contribution is 5.61. The molecule has 3 aromatic rings. The molecule has 7 nitrogen and oxygen atoms in total. The van der Waals surface area contributed by atoms with Crippen molar-refractivity contribution in [2.24, 2.45) is 0 Å². The summed E-state index contributed by atoms with van der Waals surface area (Å²) in [7, 11) is 0. The van der Waals surface area contributed by atoms with Crippen molar-refractivity contribution in [3.8, 4) is 0 Å². The standard InChI is InChI=1S/C11H13N7/c1-2-8(9-12-3-4-13-9)16-10-11-17-15-7-18(11)6-5-14-10/h3-8H,2H2,1H3,(H,12,13)(H,14,16). The van der Waals surface area contributed by atoms with E-state index in [2.05, 4.69) is 37.4 Å². The summed E-state index contributed by atoms with van der Waals surface area (Å²) in [4.78, 5) is 11.7. The molecule has 0 bridgehead atoms. The molecule has 2 N–H and O–H groups in total. The van der Waals surface area contributed by atoms with Crippen LogP contribution in [-0.2, 0) is 0 Å². The summed E-state index contributed by atoms with van der Waals surface area (Å²) in [5.74, 6) is 1.60. The van der Waals surface area contributed by atoms with Gasteiger partial charge in [-0.2, -0.15) is 0 Å². The summed E-state index contributed by atoms with van der Waals surface area (Å²) < 4.78 is 1.82. The van der Waals surface area contributed by atoms with Gasteiger partial charge in [0.15, 0.2) is 5.82 Å². The van der Waals surface area contributed by atoms with E-state index in [1.807, 2.05) is 16.8 Å². The van der Waals surface area contributed by atoms with Crippen molar-refractivity contribution in [1.29, 1.82) is 0 Å². The van der Waals surface area contributed by atoms with Crippen molar-refractivity contribution < 1.29 is 0 Å². The van der Waals surface area contributed by atoms with E-state index in [0.29, 0.717) is 11.5 Å². The van der Waals surface area contributed by atoms with E-state index in [1.54, 1.807) is 18.7 Å². The van der Waals surface area contributed by atoms with Gasteiger partial charge in [-0.05, 0) is 6.42 Å². The Kier molecular flexibility index (Phi) is 2.64. The van der Waals surface area contributed by atoms with E-state index in [4.69, 9.17) is 0 Å². The molecule has 18 heavy (non-hydrogen) atoms. The lowest BCUT2D eigenvalue weighted by Crippen LogP contribution is -2.13. The second kappa shape index (κ2) is 4.44. The molecule has 3 heterocycles. The Morgan fingerprint density at radius 3 is 3.11 bits per heavy atom. The number of fused-ring (bicyclic) bond motifs is 1. The van der Waals surface area contributed by atoms with Gasteiger partial charge in [0.25, 0.3) is 0 Å². The van der Waals surface area contributed by atoms with Gasteiger partial charge in [0, 0.05) is 24.8 Å². The van der Waals surface area contributed by atoms with Gasteiger partial charge in [-0.15, -0.1) is 10.2 Å². The third-order valence-electron chi connectivity index (χ3n) is 2.78. The SMILES string of the molecule is CCC(Nc1nccn2cnnc12)c1ncc[nH]1. The Balaban J connectivity index is 1.93. The van der Waals surface area contributed by atoms with Gasteiger partial charge in [0.05, 0.1) is 6.04 Å². The molecule has 0 aliphatic rings. The van der Waals surface area contributed by atoms with Gasteiger partial charge >= 0.3 is 0 Å². The van der Waals surface area contributed by atoms with E-state index in [0.717, 1.165) is 12.2 Å². The Bertz CT molecular complexity index is 628. The van der Waals surface area contributed by atoms with Crippen LogP contribution in [0, 0.1) is 0 Å². The summed E-state index contributed by atoms with van der Waals surface area (Å²) in [5.41, 5.74) is 0.711. The number of anilines is 1. The molecular weight excluding hydrogens is 230 g/mol. The largest absolute Gasteiger partial charge is 0.357 e. The topological polar surface area (TPSA) is 83.8 Å². The first kappa shape index (κ1) is 10.7. The van der Waals surface area contributed by atoms with Crippen LogP contribution in [0.5, 0.6) is 0 Å². The number of nitrogens with one attached hydrogen (secondary N) is 2. The number of aromatic amines is 1. The van der Waals surface area contributed by atoms with Gasteiger partial charge in [-0.1, -0.05) is 6.92 Å². The zero-order valence-corrected chi connectivity index (χ0v) is 9.91. The van der Waals surface area contributed by atoms with E-state index in [1.165, 1.54) is 0 Å². The summed E-state index contributed by atoms with van der Waals surface area (Å²) in [6.45, 7) is 2.09. The van der Waals surface area contributed by atoms with E-state index >= 15 is 0 Å². The van der Waals surface area contributed by atoms with Crippen molar-refractivity contribution in [2.75, 3.05) is 5.32 Å². The lowest BCUT2D eigenvalue weighted by molar-refractivity contribution is 0.700. The second-order valence-electron chi connectivity index (χ2n) is 3.92. The highest BCUT2D eigenvalue weighted by Gasteiger charge is 2.14. The maximum Gasteiger partial charge on any atom is 0.203 e. The molecular formula is C11H13N7. The zero-order valence-electron chi connectivity index (χ0n) is 9.91. The number of imidazole rings is 1. The molecule has 3 rings (SSSR count). The molecule has 1 unspecified atom stereocenters. The lowest BCUT2D eigenvalue weighted by atomic mass is 10.2. The van der Waals surface area contributed by atoms with Crippen molar-refractivity contribution in [3.05, 3.63) is 36.9 Å². The van der Waals surface area contributed by atoms with Crippen molar-refractivity contribution >= 4 is 11.5 Å². The number of rotatable bonds is 4. The van der Waals surface area contributed by atoms with Gasteiger partial charge in [0.1, 0.15) is 12.2 Å². The molecule has 3 aromatic heterocycles. The first-order valence-electron chi connectivity index (χ1n) is 5.78. The number of hydrogen-bond donors (Lipinski definition) is 2. The van der Waals surface area contributed by atoms with Crippen LogP contribution >= 0.6 is 0 Å². The lowest BCUT2D eigenvalue weighted by Gasteiger charge is -2.15. The van der Waals surface area contributed by atoms with Crippen LogP contribution in [0.4, 0.5) is 5.82 Å². The monoisotopic (exact) mass is 243 g/mol. The minimum atomic E-state index is 0.0791. The molecule has 0 fully saturated rings. The molecule has 0 saturated heterocycles. The third-order valence-corrected chi connectivity index (χ3v) is 2.78. The Morgan fingerprint density at radius 1 is 1.39 bits per heavy atom. The van der Waals surface area contributed by atoms with Gasteiger partial charge in [-0.25, -0.2) is 9.97 Å². The minimum absolute atomic E-state index is 0.0791. The second-order valence-corrected chi connectivity index (χ2v) is 3.92. The molecule has 0 aliphatic carbocycles. The quantitative estimate of drug-likeness (QED) is 0.723. The van der Waals surface area contributed by atoms with Crippen LogP contribution in [0.2, 0.25) is 0 Å². The summed E-state index contributed by atoms with van der Waals surface area (Å²) in [6, 6.07) is 0.0791. The highest BCUT2D eigenvalue weighted by Crippen LogP contribution is 2.20. The smallest absolute Gasteiger partial charge is 0.203 e. The Labute approximate surface area is 103 Å². The Hall–Kier alpha value is -2.44. The molecule has 0 spiro atoms. The highest BCUT2D eigenvalue weighted by atomic mass is 15.2. The zero-order chi connectivity index (χ0) is 12.4. The Morgan fingerprint density at radius 2 is 2.33 bits per heavy atom. The normalized spacial score (nSPS) is 12.7. The molecule has 0 radical (unpaired) electrons. The maximum atomic E-state index is 4.30. The summed E-state index contributed by atoms with van der Waals surface area (Å²) >= 11 is 0. The predicted octanol–water partition coefficient (Wildman–Crippen LogP) is 1.41. The van der Waals surface area contributed by atoms with Gasteiger partial charge < -0.3 is 10.3 Å². The third kappa shape index (κ3) is 1.79. The van der Waals surface area contributed by atoms with Gasteiger partial charge in [0.2, 0.25) is 5.65 Å². The van der Waals surface area contributed by atoms with Crippen LogP contribution in [0.1, 0.15) is 25.2 Å². The first-order valence-corrected chi connectivity index (χ1v) is 5.78. The molecule has 7 heteroatoms. The van der Waals surface area contributed by atoms with E-state index in [9.17, 15) is 0 Å². The van der Waals surface area contributed by atoms with Crippen LogP contribution in [0.3, 0.4) is 0 Å². The van der Waals surface area contributed by atoms with Crippen LogP contribution in [0.25, 0.3) is 5.65 Å². The molecule has 1 atom stereocenters. The molecule has 92 valence electrons. The number of nitrogens with zero attached hydrogens (tertiary/aromatic N) is 5. The fraction of sp³-hybridized carbons (Fsp3) is 0.273. The van der Waals surface area contributed by atoms with E-state index in [-0.39, 0.29) is 6.04 Å². The summed E-state index contributed by atoms with van der Waals surface area (Å²) in [6.07, 6.45) is 9.62. The molecule has 0 aromatic carbocycles. The summed E-state index contributed by atoms with van der Waals surface area (Å²) in [5, 5.41) is 11.2. The average Bonchev–Trinajstić information content (AvgIpc) is 3.06. The average molecular weight is 243 g/mol. The molecule has 0 amide bonds. The van der Waals surface area contributed by atoms with Gasteiger partial charge in [-0.3, -0.25) is 4.40 Å². The fourth-order valence-electron chi connectivity index (χ4n) is 1.86. The number of aromatic nitrogens is 6. The molecule has 0 aliphatic heterocycles. The predicted molar refractivity (Wildman–Crippen MR) is 66.0 cm³/mol. The van der Waals surface area contributed by atoms with E-state index < -0.39 is 0 Å². The molecule has 0 saturated carbocycles. The van der Waals surface area contributed by atoms with Crippen LogP contribution in [0.15, 0.2) is 31.1 Å². The number of H-pyrrole nitrogens is 1. The van der Waals surface area contributed by atoms with Crippen LogP contribution in [-0.4, -0.2) is 29.5 Å². The van der Waals surface area contributed by atoms with Crippen LogP contribution < -0.4 is 5.32 Å². The minimum Gasteiger partial charge on any atom is -0.357 e.